The van der Waals surface area contributed by atoms with Crippen LogP contribution in [0.4, 0.5) is 5.69 Å². The van der Waals surface area contributed by atoms with E-state index >= 15 is 0 Å². The van der Waals surface area contributed by atoms with Crippen LogP contribution in [0, 0.1) is 5.92 Å². The Bertz CT molecular complexity index is 385. The minimum atomic E-state index is -0.478. The van der Waals surface area contributed by atoms with Gasteiger partial charge < -0.3 is 15.7 Å². The number of nitrogens with zero attached hydrogens (tertiary/aromatic N) is 1. The Morgan fingerprint density at radius 1 is 1.28 bits per heavy atom. The summed E-state index contributed by atoms with van der Waals surface area (Å²) in [6, 6.07) is 7.56. The predicted molar refractivity (Wildman–Crippen MR) is 73.3 cm³/mol. The SMILES string of the molecule is CC(C)CN(CC(N)=O)c1ccc([C@@H](C)O)cc1. The van der Waals surface area contributed by atoms with Crippen molar-refractivity contribution < 1.29 is 9.90 Å². The van der Waals surface area contributed by atoms with E-state index in [1.54, 1.807) is 6.92 Å². The molecule has 0 aliphatic rings. The van der Waals surface area contributed by atoms with Gasteiger partial charge in [-0.25, -0.2) is 0 Å². The molecule has 4 heteroatoms. The average Bonchev–Trinajstić information content (AvgIpc) is 2.27. The van der Waals surface area contributed by atoms with E-state index in [2.05, 4.69) is 13.8 Å². The van der Waals surface area contributed by atoms with E-state index in [-0.39, 0.29) is 12.5 Å². The van der Waals surface area contributed by atoms with E-state index in [9.17, 15) is 9.90 Å². The molecule has 0 heterocycles. The molecule has 0 aliphatic heterocycles. The summed E-state index contributed by atoms with van der Waals surface area (Å²) in [6.45, 7) is 6.91. The first-order valence-electron chi connectivity index (χ1n) is 6.21. The van der Waals surface area contributed by atoms with Gasteiger partial charge in [0.25, 0.3) is 0 Å². The van der Waals surface area contributed by atoms with Crippen LogP contribution in [0.15, 0.2) is 24.3 Å². The summed E-state index contributed by atoms with van der Waals surface area (Å²) < 4.78 is 0. The number of primary amides is 1. The van der Waals surface area contributed by atoms with E-state index in [1.165, 1.54) is 0 Å². The number of aliphatic hydroxyl groups excluding tert-OH is 1. The topological polar surface area (TPSA) is 66.6 Å². The second-order valence-electron chi connectivity index (χ2n) is 5.01. The van der Waals surface area contributed by atoms with E-state index in [0.717, 1.165) is 17.8 Å². The molecule has 0 spiro atoms. The lowest BCUT2D eigenvalue weighted by atomic mass is 10.1. The van der Waals surface area contributed by atoms with Crippen LogP contribution in [0.2, 0.25) is 0 Å². The van der Waals surface area contributed by atoms with Crippen LogP contribution >= 0.6 is 0 Å². The maximum absolute atomic E-state index is 11.1. The molecule has 1 rings (SSSR count). The van der Waals surface area contributed by atoms with Gasteiger partial charge in [-0.3, -0.25) is 4.79 Å². The normalized spacial score (nSPS) is 12.5. The highest BCUT2D eigenvalue weighted by molar-refractivity contribution is 5.79. The summed E-state index contributed by atoms with van der Waals surface area (Å²) in [5.41, 5.74) is 7.08. The molecule has 0 fully saturated rings. The molecule has 18 heavy (non-hydrogen) atoms. The summed E-state index contributed by atoms with van der Waals surface area (Å²) >= 11 is 0. The first kappa shape index (κ1) is 14.5. The van der Waals surface area contributed by atoms with Crippen LogP contribution in [-0.2, 0) is 4.79 Å². The van der Waals surface area contributed by atoms with Gasteiger partial charge in [0.2, 0.25) is 5.91 Å². The Morgan fingerprint density at radius 3 is 2.22 bits per heavy atom. The van der Waals surface area contributed by atoms with Crippen LogP contribution in [0.1, 0.15) is 32.4 Å². The molecule has 0 aliphatic carbocycles. The number of carbonyl (C=O) groups excluding carboxylic acids is 1. The van der Waals surface area contributed by atoms with Crippen LogP contribution in [0.25, 0.3) is 0 Å². The summed E-state index contributed by atoms with van der Waals surface area (Å²) in [7, 11) is 0. The monoisotopic (exact) mass is 250 g/mol. The maximum atomic E-state index is 11.1. The number of hydrogen-bond donors (Lipinski definition) is 2. The zero-order valence-electron chi connectivity index (χ0n) is 11.3. The molecule has 0 radical (unpaired) electrons. The number of aliphatic hydroxyl groups is 1. The van der Waals surface area contributed by atoms with Crippen LogP contribution in [-0.4, -0.2) is 24.1 Å². The Hall–Kier alpha value is -1.55. The van der Waals surface area contributed by atoms with Gasteiger partial charge in [0.15, 0.2) is 0 Å². The van der Waals surface area contributed by atoms with Crippen LogP contribution in [0.5, 0.6) is 0 Å². The van der Waals surface area contributed by atoms with Crippen molar-refractivity contribution >= 4 is 11.6 Å². The molecule has 100 valence electrons. The fourth-order valence-corrected chi connectivity index (χ4v) is 1.85. The van der Waals surface area contributed by atoms with Gasteiger partial charge in [-0.1, -0.05) is 26.0 Å². The van der Waals surface area contributed by atoms with Crippen molar-refractivity contribution in [3.05, 3.63) is 29.8 Å². The second-order valence-corrected chi connectivity index (χ2v) is 5.01. The van der Waals surface area contributed by atoms with Crippen LogP contribution in [0.3, 0.4) is 0 Å². The molecule has 3 N–H and O–H groups in total. The molecule has 1 atom stereocenters. The van der Waals surface area contributed by atoms with Crippen LogP contribution < -0.4 is 10.6 Å². The second kappa shape index (κ2) is 6.40. The lowest BCUT2D eigenvalue weighted by Crippen LogP contribution is -2.36. The molecule has 0 aromatic heterocycles. The lowest BCUT2D eigenvalue weighted by Gasteiger charge is -2.25. The third-order valence-corrected chi connectivity index (χ3v) is 2.67. The molecular weight excluding hydrogens is 228 g/mol. The maximum Gasteiger partial charge on any atom is 0.236 e. The van der Waals surface area contributed by atoms with Gasteiger partial charge in [-0.05, 0) is 30.5 Å². The zero-order chi connectivity index (χ0) is 13.7. The quantitative estimate of drug-likeness (QED) is 0.807. The van der Waals surface area contributed by atoms with Crippen molar-refractivity contribution in [1.82, 2.24) is 0 Å². The zero-order valence-corrected chi connectivity index (χ0v) is 11.3. The first-order chi connectivity index (χ1) is 8.40. The molecule has 1 amide bonds. The first-order valence-corrected chi connectivity index (χ1v) is 6.21. The molecule has 1 aromatic carbocycles. The van der Waals surface area contributed by atoms with Crippen molar-refractivity contribution in [3.63, 3.8) is 0 Å². The van der Waals surface area contributed by atoms with Crippen molar-refractivity contribution in [2.75, 3.05) is 18.0 Å². The third kappa shape index (κ3) is 4.37. The number of benzene rings is 1. The number of hydrogen-bond acceptors (Lipinski definition) is 3. The van der Waals surface area contributed by atoms with Gasteiger partial charge in [0.1, 0.15) is 0 Å². The predicted octanol–water partition coefficient (Wildman–Crippen LogP) is 1.69. The van der Waals surface area contributed by atoms with Crippen molar-refractivity contribution in [1.29, 1.82) is 0 Å². The average molecular weight is 250 g/mol. The Morgan fingerprint density at radius 2 is 1.83 bits per heavy atom. The van der Waals surface area contributed by atoms with Gasteiger partial charge >= 0.3 is 0 Å². The highest BCUT2D eigenvalue weighted by atomic mass is 16.3. The number of carbonyl (C=O) groups is 1. The molecule has 0 saturated carbocycles. The van der Waals surface area contributed by atoms with Gasteiger partial charge in [-0.15, -0.1) is 0 Å². The van der Waals surface area contributed by atoms with Crippen molar-refractivity contribution in [3.8, 4) is 0 Å². The fraction of sp³-hybridized carbons (Fsp3) is 0.500. The standard InChI is InChI=1S/C14H22N2O2/c1-10(2)8-16(9-14(15)18)13-6-4-12(5-7-13)11(3)17/h4-7,10-11,17H,8-9H2,1-3H3,(H2,15,18)/t11-/m1/s1. The summed E-state index contributed by atoms with van der Waals surface area (Å²) in [5.74, 6) is 0.107. The molecule has 0 unspecified atom stereocenters. The summed E-state index contributed by atoms with van der Waals surface area (Å²) in [6.07, 6.45) is -0.478. The highest BCUT2D eigenvalue weighted by Gasteiger charge is 2.11. The number of amides is 1. The lowest BCUT2D eigenvalue weighted by molar-refractivity contribution is -0.116. The Balaban J connectivity index is 2.87. The van der Waals surface area contributed by atoms with Crippen molar-refractivity contribution in [2.24, 2.45) is 11.7 Å². The fourth-order valence-electron chi connectivity index (χ4n) is 1.85. The number of anilines is 1. The Labute approximate surface area is 108 Å². The molecule has 0 saturated heterocycles. The van der Waals surface area contributed by atoms with Gasteiger partial charge in [-0.2, -0.15) is 0 Å². The Kier molecular flexibility index (Phi) is 5.16. The largest absolute Gasteiger partial charge is 0.389 e. The van der Waals surface area contributed by atoms with Gasteiger partial charge in [0.05, 0.1) is 12.6 Å². The van der Waals surface area contributed by atoms with E-state index in [4.69, 9.17) is 5.73 Å². The summed E-state index contributed by atoms with van der Waals surface area (Å²) in [4.78, 5) is 13.0. The number of nitrogens with two attached hydrogens (primary N) is 1. The van der Waals surface area contributed by atoms with E-state index < -0.39 is 6.10 Å². The van der Waals surface area contributed by atoms with Gasteiger partial charge in [0, 0.05) is 12.2 Å². The van der Waals surface area contributed by atoms with E-state index in [0.29, 0.717) is 5.92 Å². The smallest absolute Gasteiger partial charge is 0.236 e. The molecule has 4 nitrogen and oxygen atoms in total. The minimum absolute atomic E-state index is 0.214. The summed E-state index contributed by atoms with van der Waals surface area (Å²) in [5, 5.41) is 9.46. The minimum Gasteiger partial charge on any atom is -0.389 e. The molecule has 1 aromatic rings. The third-order valence-electron chi connectivity index (χ3n) is 2.67. The molecule has 0 bridgehead atoms. The van der Waals surface area contributed by atoms with E-state index in [1.807, 2.05) is 29.2 Å². The number of rotatable bonds is 6. The van der Waals surface area contributed by atoms with Crippen molar-refractivity contribution in [2.45, 2.75) is 26.9 Å². The molecular formula is C14H22N2O2. The highest BCUT2D eigenvalue weighted by Crippen LogP contribution is 2.19.